The van der Waals surface area contributed by atoms with Crippen molar-refractivity contribution in [2.24, 2.45) is 0 Å². The van der Waals surface area contributed by atoms with Crippen LogP contribution in [0.25, 0.3) is 0 Å². The Hall–Kier alpha value is -2.82. The van der Waals surface area contributed by atoms with Gasteiger partial charge in [0.25, 0.3) is 0 Å². The largest absolute Gasteiger partial charge is 0.478 e. The lowest BCUT2D eigenvalue weighted by molar-refractivity contribution is -0.115. The Morgan fingerprint density at radius 3 is 2.34 bits per heavy atom. The Balaban J connectivity index is 1.82. The van der Waals surface area contributed by atoms with Gasteiger partial charge >= 0.3 is 5.97 Å². The van der Waals surface area contributed by atoms with E-state index in [-0.39, 0.29) is 23.6 Å². The molecule has 148 valence electrons. The van der Waals surface area contributed by atoms with Crippen LogP contribution < -0.4 is 5.32 Å². The van der Waals surface area contributed by atoms with Gasteiger partial charge < -0.3 is 10.4 Å². The number of hydrogen-bond donors (Lipinski definition) is 2. The molecule has 3 rings (SSSR count). The van der Waals surface area contributed by atoms with Crippen molar-refractivity contribution in [3.8, 4) is 0 Å². The minimum atomic E-state index is -1.10. The topological polar surface area (TPSA) is 66.4 Å². The van der Waals surface area contributed by atoms with Crippen LogP contribution in [0.3, 0.4) is 0 Å². The van der Waals surface area contributed by atoms with Crippen LogP contribution in [0.1, 0.15) is 32.6 Å². The lowest BCUT2D eigenvalue weighted by Gasteiger charge is -2.12. The third-order valence-electron chi connectivity index (χ3n) is 4.59. The summed E-state index contributed by atoms with van der Waals surface area (Å²) >= 11 is 11.9. The van der Waals surface area contributed by atoms with Gasteiger partial charge in [-0.3, -0.25) is 4.79 Å². The highest BCUT2D eigenvalue weighted by molar-refractivity contribution is 6.42. The molecule has 2 N–H and O–H groups in total. The maximum Gasteiger partial charge on any atom is 0.337 e. The van der Waals surface area contributed by atoms with E-state index in [2.05, 4.69) is 5.32 Å². The summed E-state index contributed by atoms with van der Waals surface area (Å²) in [5.74, 6) is -1.43. The van der Waals surface area contributed by atoms with Crippen molar-refractivity contribution in [1.82, 2.24) is 0 Å². The molecule has 29 heavy (non-hydrogen) atoms. The Morgan fingerprint density at radius 1 is 0.931 bits per heavy atom. The number of aromatic carboxylic acids is 1. The summed E-state index contributed by atoms with van der Waals surface area (Å²) in [5.41, 5.74) is 4.21. The second kappa shape index (κ2) is 9.12. The third kappa shape index (κ3) is 5.37. The summed E-state index contributed by atoms with van der Waals surface area (Å²) in [6.45, 7) is 2.03. The van der Waals surface area contributed by atoms with Gasteiger partial charge in [0, 0.05) is 0 Å². The Bertz CT molecular complexity index is 1080. The first kappa shape index (κ1) is 20.9. The standard InChI is InChI=1S/C23H19Cl2NO3/c1-14-4-2-3-5-17(14)10-15-6-8-18(23(28)29)21(12-15)26-22(27)13-16-7-9-19(24)20(25)11-16/h2-9,11-12H,10,13H2,1H3,(H,26,27)(H,28,29). The fraction of sp³-hybridized carbons (Fsp3) is 0.130. The average Bonchev–Trinajstić information content (AvgIpc) is 2.66. The van der Waals surface area contributed by atoms with Gasteiger partial charge in [-0.25, -0.2) is 4.79 Å². The van der Waals surface area contributed by atoms with Crippen molar-refractivity contribution < 1.29 is 14.7 Å². The SMILES string of the molecule is Cc1ccccc1Cc1ccc(C(=O)O)c(NC(=O)Cc2ccc(Cl)c(Cl)c2)c1. The minimum absolute atomic E-state index is 0.0426. The Kier molecular flexibility index (Phi) is 6.57. The number of nitrogens with one attached hydrogen (secondary N) is 1. The number of carbonyl (C=O) groups is 2. The molecule has 0 fully saturated rings. The van der Waals surface area contributed by atoms with Crippen LogP contribution in [-0.2, 0) is 17.6 Å². The number of rotatable bonds is 6. The molecule has 0 aliphatic rings. The summed E-state index contributed by atoms with van der Waals surface area (Å²) in [7, 11) is 0. The van der Waals surface area contributed by atoms with Crippen LogP contribution in [-0.4, -0.2) is 17.0 Å². The van der Waals surface area contributed by atoms with Gasteiger partial charge in [0.05, 0.1) is 27.7 Å². The molecular formula is C23H19Cl2NO3. The molecular weight excluding hydrogens is 409 g/mol. The molecule has 6 heteroatoms. The number of carbonyl (C=O) groups excluding carboxylic acids is 1. The molecule has 1 amide bonds. The van der Waals surface area contributed by atoms with Gasteiger partial charge in [0.15, 0.2) is 0 Å². The van der Waals surface area contributed by atoms with E-state index in [1.165, 1.54) is 6.07 Å². The molecule has 0 aliphatic carbocycles. The van der Waals surface area contributed by atoms with Crippen molar-refractivity contribution in [3.05, 3.63) is 98.5 Å². The third-order valence-corrected chi connectivity index (χ3v) is 5.33. The van der Waals surface area contributed by atoms with Crippen LogP contribution in [0.4, 0.5) is 5.69 Å². The number of amides is 1. The highest BCUT2D eigenvalue weighted by atomic mass is 35.5. The zero-order valence-corrected chi connectivity index (χ0v) is 17.2. The lowest BCUT2D eigenvalue weighted by atomic mass is 9.99. The van der Waals surface area contributed by atoms with Crippen molar-refractivity contribution in [2.75, 3.05) is 5.32 Å². The molecule has 0 saturated heterocycles. The molecule has 0 radical (unpaired) electrons. The summed E-state index contributed by atoms with van der Waals surface area (Å²) < 4.78 is 0. The smallest absolute Gasteiger partial charge is 0.337 e. The Labute approximate surface area is 179 Å². The molecule has 0 aromatic heterocycles. The van der Waals surface area contributed by atoms with E-state index < -0.39 is 5.97 Å². The molecule has 3 aromatic rings. The molecule has 0 aliphatic heterocycles. The average molecular weight is 428 g/mol. The molecule has 0 unspecified atom stereocenters. The summed E-state index contributed by atoms with van der Waals surface area (Å²) in [5, 5.41) is 13.0. The number of benzene rings is 3. The number of halogens is 2. The monoisotopic (exact) mass is 427 g/mol. The first-order valence-corrected chi connectivity index (χ1v) is 9.73. The Morgan fingerprint density at radius 2 is 1.66 bits per heavy atom. The summed E-state index contributed by atoms with van der Waals surface area (Å²) in [6, 6.07) is 17.9. The van der Waals surface area contributed by atoms with Crippen LogP contribution in [0.5, 0.6) is 0 Å². The summed E-state index contributed by atoms with van der Waals surface area (Å²) in [6.07, 6.45) is 0.695. The second-order valence-electron chi connectivity index (χ2n) is 6.76. The first-order chi connectivity index (χ1) is 13.8. The van der Waals surface area contributed by atoms with Crippen molar-refractivity contribution in [2.45, 2.75) is 19.8 Å². The van der Waals surface area contributed by atoms with E-state index in [0.29, 0.717) is 22.0 Å². The highest BCUT2D eigenvalue weighted by Gasteiger charge is 2.15. The first-order valence-electron chi connectivity index (χ1n) is 8.98. The van der Waals surface area contributed by atoms with E-state index in [1.807, 2.05) is 31.2 Å². The quantitative estimate of drug-likeness (QED) is 0.524. The van der Waals surface area contributed by atoms with Gasteiger partial charge in [-0.1, -0.05) is 59.6 Å². The predicted octanol–water partition coefficient (Wildman–Crippen LogP) is 5.77. The van der Waals surface area contributed by atoms with E-state index in [1.54, 1.807) is 30.3 Å². The maximum atomic E-state index is 12.5. The fourth-order valence-corrected chi connectivity index (χ4v) is 3.37. The van der Waals surface area contributed by atoms with Crippen LogP contribution in [0.15, 0.2) is 60.7 Å². The van der Waals surface area contributed by atoms with E-state index in [9.17, 15) is 14.7 Å². The molecule has 3 aromatic carbocycles. The highest BCUT2D eigenvalue weighted by Crippen LogP contribution is 2.24. The van der Waals surface area contributed by atoms with Crippen LogP contribution in [0, 0.1) is 6.92 Å². The second-order valence-corrected chi connectivity index (χ2v) is 7.58. The number of hydrogen-bond acceptors (Lipinski definition) is 2. The number of anilines is 1. The molecule has 0 bridgehead atoms. The van der Waals surface area contributed by atoms with Crippen LogP contribution in [0.2, 0.25) is 10.0 Å². The summed E-state index contributed by atoms with van der Waals surface area (Å²) in [4.78, 5) is 24.1. The molecule has 4 nitrogen and oxygen atoms in total. The van der Waals surface area contributed by atoms with Gasteiger partial charge in [-0.15, -0.1) is 0 Å². The van der Waals surface area contributed by atoms with Crippen LogP contribution >= 0.6 is 23.2 Å². The normalized spacial score (nSPS) is 10.6. The predicted molar refractivity (Wildman–Crippen MR) is 116 cm³/mol. The van der Waals surface area contributed by atoms with Gasteiger partial charge in [0.2, 0.25) is 5.91 Å². The van der Waals surface area contributed by atoms with Gasteiger partial charge in [-0.05, 0) is 59.9 Å². The lowest BCUT2D eigenvalue weighted by Crippen LogP contribution is -2.17. The molecule has 0 spiro atoms. The fourth-order valence-electron chi connectivity index (χ4n) is 3.05. The van der Waals surface area contributed by atoms with E-state index >= 15 is 0 Å². The van der Waals surface area contributed by atoms with Gasteiger partial charge in [-0.2, -0.15) is 0 Å². The van der Waals surface area contributed by atoms with Crippen molar-refractivity contribution >= 4 is 40.8 Å². The number of carboxylic acids is 1. The molecule has 0 heterocycles. The zero-order chi connectivity index (χ0) is 21.0. The van der Waals surface area contributed by atoms with E-state index in [0.717, 1.165) is 16.7 Å². The maximum absolute atomic E-state index is 12.5. The molecule has 0 saturated carbocycles. The minimum Gasteiger partial charge on any atom is -0.478 e. The number of aryl methyl sites for hydroxylation is 1. The van der Waals surface area contributed by atoms with Crippen molar-refractivity contribution in [1.29, 1.82) is 0 Å². The zero-order valence-electron chi connectivity index (χ0n) is 15.7. The van der Waals surface area contributed by atoms with E-state index in [4.69, 9.17) is 23.2 Å². The number of carboxylic acid groups (broad SMARTS) is 1. The van der Waals surface area contributed by atoms with Gasteiger partial charge in [0.1, 0.15) is 0 Å². The molecule has 0 atom stereocenters. The van der Waals surface area contributed by atoms with Crippen molar-refractivity contribution in [3.63, 3.8) is 0 Å².